The molecular weight excluding hydrogens is 312 g/mol. The van der Waals surface area contributed by atoms with Gasteiger partial charge in [-0.1, -0.05) is 0 Å². The molecule has 1 fully saturated rings. The fourth-order valence-electron chi connectivity index (χ4n) is 2.23. The van der Waals surface area contributed by atoms with E-state index in [1.165, 1.54) is 13.8 Å². The van der Waals surface area contributed by atoms with Crippen molar-refractivity contribution in [1.82, 2.24) is 14.8 Å². The second kappa shape index (κ2) is 6.71. The van der Waals surface area contributed by atoms with Gasteiger partial charge in [-0.25, -0.2) is 9.67 Å². The van der Waals surface area contributed by atoms with Crippen molar-refractivity contribution in [3.63, 3.8) is 0 Å². The van der Waals surface area contributed by atoms with Crippen LogP contribution in [0.5, 0.6) is 0 Å². The van der Waals surface area contributed by atoms with Crippen LogP contribution in [0.4, 0.5) is 0 Å². The van der Waals surface area contributed by atoms with Crippen LogP contribution in [-0.2, 0) is 23.8 Å². The first kappa shape index (κ1) is 16.8. The van der Waals surface area contributed by atoms with E-state index >= 15 is 0 Å². The zero-order valence-corrected chi connectivity index (χ0v) is 12.4. The summed E-state index contributed by atoms with van der Waals surface area (Å²) in [6.07, 6.45) is -2.93. The van der Waals surface area contributed by atoms with Crippen molar-refractivity contribution in [2.45, 2.75) is 38.4 Å². The number of carbonyl (C=O) groups is 3. The molecule has 0 saturated carbocycles. The minimum atomic E-state index is -1.07. The van der Waals surface area contributed by atoms with E-state index in [1.54, 1.807) is 0 Å². The lowest BCUT2D eigenvalue weighted by molar-refractivity contribution is -0.166. The van der Waals surface area contributed by atoms with Crippen LogP contribution in [0, 0.1) is 0 Å². The molecule has 1 saturated heterocycles. The Hall–Kier alpha value is -2.53. The maximum atomic E-state index is 11.3. The highest BCUT2D eigenvalue weighted by Gasteiger charge is 2.50. The summed E-state index contributed by atoms with van der Waals surface area (Å²) in [5.41, 5.74) is 5.08. The van der Waals surface area contributed by atoms with Crippen molar-refractivity contribution < 1.29 is 33.7 Å². The number of ether oxygens (including phenoxy) is 3. The number of amides is 1. The van der Waals surface area contributed by atoms with E-state index in [4.69, 9.17) is 19.9 Å². The second-order valence-electron chi connectivity index (χ2n) is 4.81. The van der Waals surface area contributed by atoms with Crippen LogP contribution in [0.15, 0.2) is 6.33 Å². The normalized spacial score (nSPS) is 26.7. The summed E-state index contributed by atoms with van der Waals surface area (Å²) < 4.78 is 16.8. The fourth-order valence-corrected chi connectivity index (χ4v) is 2.23. The molecule has 1 aliphatic rings. The van der Waals surface area contributed by atoms with Crippen molar-refractivity contribution in [2.24, 2.45) is 5.73 Å². The van der Waals surface area contributed by atoms with E-state index in [0.717, 1.165) is 11.0 Å². The third-order valence-corrected chi connectivity index (χ3v) is 3.06. The van der Waals surface area contributed by atoms with Crippen LogP contribution >= 0.6 is 0 Å². The van der Waals surface area contributed by atoms with Crippen LogP contribution < -0.4 is 5.73 Å². The molecule has 11 heteroatoms. The van der Waals surface area contributed by atoms with E-state index in [9.17, 15) is 19.5 Å². The SMILES string of the molecule is CC(=O)O[C@@H]1[C@H](OC(C)=O)[C@@H](CO)O[C@H]1n1cnc(C(N)=O)n1. The zero-order chi connectivity index (χ0) is 17.1. The Morgan fingerprint density at radius 1 is 1.30 bits per heavy atom. The maximum absolute atomic E-state index is 11.3. The molecule has 0 spiro atoms. The average Bonchev–Trinajstić information content (AvgIpc) is 3.04. The van der Waals surface area contributed by atoms with E-state index in [1.807, 2.05) is 0 Å². The molecule has 1 amide bonds. The molecule has 1 aromatic heterocycles. The molecule has 0 unspecified atom stereocenters. The first-order valence-electron chi connectivity index (χ1n) is 6.65. The molecule has 1 aliphatic heterocycles. The minimum Gasteiger partial charge on any atom is -0.456 e. The maximum Gasteiger partial charge on any atom is 0.303 e. The number of hydrogen-bond acceptors (Lipinski definition) is 9. The molecule has 2 heterocycles. The number of aliphatic hydroxyl groups is 1. The zero-order valence-electron chi connectivity index (χ0n) is 12.4. The Balaban J connectivity index is 2.33. The number of hydrogen-bond donors (Lipinski definition) is 2. The van der Waals surface area contributed by atoms with Crippen LogP contribution in [0.1, 0.15) is 30.7 Å². The number of esters is 2. The molecule has 1 aromatic rings. The predicted octanol–water partition coefficient (Wildman–Crippen LogP) is -1.87. The lowest BCUT2D eigenvalue weighted by Gasteiger charge is -2.22. The van der Waals surface area contributed by atoms with Crippen molar-refractivity contribution >= 4 is 17.8 Å². The van der Waals surface area contributed by atoms with E-state index in [-0.39, 0.29) is 5.82 Å². The third kappa shape index (κ3) is 3.63. The molecule has 23 heavy (non-hydrogen) atoms. The van der Waals surface area contributed by atoms with Gasteiger partial charge < -0.3 is 25.1 Å². The second-order valence-corrected chi connectivity index (χ2v) is 4.81. The third-order valence-electron chi connectivity index (χ3n) is 3.06. The molecular formula is C12H16N4O7. The summed E-state index contributed by atoms with van der Waals surface area (Å²) in [7, 11) is 0. The minimum absolute atomic E-state index is 0.258. The number of rotatable bonds is 5. The lowest BCUT2D eigenvalue weighted by Crippen LogP contribution is -2.40. The Morgan fingerprint density at radius 2 is 1.91 bits per heavy atom. The Bertz CT molecular complexity index is 616. The van der Waals surface area contributed by atoms with Gasteiger partial charge in [0, 0.05) is 13.8 Å². The monoisotopic (exact) mass is 328 g/mol. The lowest BCUT2D eigenvalue weighted by atomic mass is 10.1. The van der Waals surface area contributed by atoms with Crippen LogP contribution in [0.2, 0.25) is 0 Å². The van der Waals surface area contributed by atoms with Gasteiger partial charge in [-0.05, 0) is 0 Å². The molecule has 0 aromatic carbocycles. The summed E-state index contributed by atoms with van der Waals surface area (Å²) >= 11 is 0. The van der Waals surface area contributed by atoms with Crippen LogP contribution in [0.25, 0.3) is 0 Å². The van der Waals surface area contributed by atoms with E-state index in [2.05, 4.69) is 10.1 Å². The number of nitrogens with two attached hydrogens (primary N) is 1. The van der Waals surface area contributed by atoms with Crippen molar-refractivity contribution in [3.8, 4) is 0 Å². The first-order chi connectivity index (χ1) is 10.8. The van der Waals surface area contributed by atoms with Gasteiger partial charge in [-0.15, -0.1) is 5.10 Å². The van der Waals surface area contributed by atoms with Crippen molar-refractivity contribution in [1.29, 1.82) is 0 Å². The standard InChI is InChI=1S/C12H16N4O7/c1-5(18)21-8-7(3-17)23-12(9(8)22-6(2)19)16-4-14-11(15-16)10(13)20/h4,7-9,12,17H,3H2,1-2H3,(H2,13,20)/t7-,8-,9-,12-/m1/s1. The quantitative estimate of drug-likeness (QED) is 0.591. The average molecular weight is 328 g/mol. The van der Waals surface area contributed by atoms with Crippen LogP contribution in [-0.4, -0.2) is 62.6 Å². The number of aromatic nitrogens is 3. The van der Waals surface area contributed by atoms with Gasteiger partial charge in [0.05, 0.1) is 6.61 Å². The van der Waals surface area contributed by atoms with Gasteiger partial charge in [-0.2, -0.15) is 0 Å². The first-order valence-corrected chi connectivity index (χ1v) is 6.65. The van der Waals surface area contributed by atoms with Gasteiger partial charge in [0.2, 0.25) is 5.82 Å². The van der Waals surface area contributed by atoms with Gasteiger partial charge in [0.15, 0.2) is 18.4 Å². The number of primary amides is 1. The molecule has 0 radical (unpaired) electrons. The Morgan fingerprint density at radius 3 is 2.39 bits per heavy atom. The number of aliphatic hydroxyl groups excluding tert-OH is 1. The smallest absolute Gasteiger partial charge is 0.303 e. The molecule has 4 atom stereocenters. The topological polar surface area (TPSA) is 156 Å². The van der Waals surface area contributed by atoms with Gasteiger partial charge in [-0.3, -0.25) is 14.4 Å². The van der Waals surface area contributed by atoms with Gasteiger partial charge in [0.1, 0.15) is 12.4 Å². The Labute approximate surface area is 130 Å². The van der Waals surface area contributed by atoms with Gasteiger partial charge in [0.25, 0.3) is 5.91 Å². The van der Waals surface area contributed by atoms with Crippen LogP contribution in [0.3, 0.4) is 0 Å². The molecule has 0 aliphatic carbocycles. The number of carbonyl (C=O) groups excluding carboxylic acids is 3. The van der Waals surface area contributed by atoms with E-state index in [0.29, 0.717) is 0 Å². The number of nitrogens with zero attached hydrogens (tertiary/aromatic N) is 3. The summed E-state index contributed by atoms with van der Waals surface area (Å²) in [5, 5.41) is 13.2. The van der Waals surface area contributed by atoms with Crippen molar-refractivity contribution in [2.75, 3.05) is 6.61 Å². The highest BCUT2D eigenvalue weighted by Crippen LogP contribution is 2.33. The molecule has 126 valence electrons. The molecule has 2 rings (SSSR count). The predicted molar refractivity (Wildman–Crippen MR) is 70.6 cm³/mol. The van der Waals surface area contributed by atoms with Gasteiger partial charge >= 0.3 is 11.9 Å². The summed E-state index contributed by atoms with van der Waals surface area (Å²) in [6, 6.07) is 0. The van der Waals surface area contributed by atoms with E-state index < -0.39 is 49.0 Å². The largest absolute Gasteiger partial charge is 0.456 e. The highest BCUT2D eigenvalue weighted by molar-refractivity contribution is 5.88. The highest BCUT2D eigenvalue weighted by atomic mass is 16.6. The van der Waals surface area contributed by atoms with Crippen molar-refractivity contribution in [3.05, 3.63) is 12.2 Å². The fraction of sp³-hybridized carbons (Fsp3) is 0.583. The molecule has 0 bridgehead atoms. The summed E-state index contributed by atoms with van der Waals surface area (Å²) in [4.78, 5) is 37.3. The molecule has 11 nitrogen and oxygen atoms in total. The summed E-state index contributed by atoms with van der Waals surface area (Å²) in [5.74, 6) is -2.38. The Kier molecular flexibility index (Phi) is 4.91. The molecule has 3 N–H and O–H groups in total. The summed E-state index contributed by atoms with van der Waals surface area (Å²) in [6.45, 7) is 1.86.